The first-order valence-electron chi connectivity index (χ1n) is 4.77. The molecule has 0 bridgehead atoms. The Bertz CT molecular complexity index is 425. The monoisotopic (exact) mass is 205 g/mol. The molecule has 3 nitrogen and oxygen atoms in total. The Balaban J connectivity index is 2.11. The Morgan fingerprint density at radius 2 is 2.33 bits per heavy atom. The number of anilines is 1. The van der Waals surface area contributed by atoms with E-state index < -0.39 is 0 Å². The molecule has 15 heavy (non-hydrogen) atoms. The second kappa shape index (κ2) is 4.13. The largest absolute Gasteiger partial charge is 0.349 e. The number of H-pyrrole nitrogens is 1. The van der Waals surface area contributed by atoms with E-state index in [2.05, 4.69) is 15.3 Å². The minimum atomic E-state index is -0.222. The number of aromatic nitrogens is 2. The van der Waals surface area contributed by atoms with Crippen molar-refractivity contribution >= 4 is 5.95 Å². The van der Waals surface area contributed by atoms with Crippen molar-refractivity contribution in [2.24, 2.45) is 0 Å². The summed E-state index contributed by atoms with van der Waals surface area (Å²) in [4.78, 5) is 6.98. The second-order valence-corrected chi connectivity index (χ2v) is 3.36. The van der Waals surface area contributed by atoms with Crippen LogP contribution in [-0.2, 0) is 0 Å². The van der Waals surface area contributed by atoms with Crippen molar-refractivity contribution in [3.05, 3.63) is 48.0 Å². The van der Waals surface area contributed by atoms with Crippen LogP contribution in [0, 0.1) is 5.82 Å². The van der Waals surface area contributed by atoms with Crippen molar-refractivity contribution in [2.45, 2.75) is 13.0 Å². The van der Waals surface area contributed by atoms with Crippen LogP contribution in [0.2, 0.25) is 0 Å². The zero-order valence-corrected chi connectivity index (χ0v) is 8.37. The molecule has 0 saturated heterocycles. The molecule has 0 aliphatic carbocycles. The van der Waals surface area contributed by atoms with Gasteiger partial charge in [-0.15, -0.1) is 0 Å². The van der Waals surface area contributed by atoms with Gasteiger partial charge in [-0.05, 0) is 24.6 Å². The zero-order valence-electron chi connectivity index (χ0n) is 8.37. The average Bonchev–Trinajstić information content (AvgIpc) is 2.70. The number of hydrogen-bond acceptors (Lipinski definition) is 2. The Labute approximate surface area is 87.4 Å². The molecule has 0 aliphatic heterocycles. The molecule has 1 aromatic heterocycles. The van der Waals surface area contributed by atoms with Gasteiger partial charge in [0.25, 0.3) is 0 Å². The fourth-order valence-corrected chi connectivity index (χ4v) is 1.41. The maximum atomic E-state index is 13.0. The van der Waals surface area contributed by atoms with Gasteiger partial charge in [-0.25, -0.2) is 9.37 Å². The van der Waals surface area contributed by atoms with Gasteiger partial charge in [0.05, 0.1) is 6.04 Å². The van der Waals surface area contributed by atoms with Crippen molar-refractivity contribution in [1.29, 1.82) is 0 Å². The van der Waals surface area contributed by atoms with Gasteiger partial charge in [0.15, 0.2) is 0 Å². The number of hydrogen-bond donors (Lipinski definition) is 2. The molecule has 1 heterocycles. The topological polar surface area (TPSA) is 40.7 Å². The second-order valence-electron chi connectivity index (χ2n) is 3.36. The Kier molecular flexibility index (Phi) is 2.67. The normalized spacial score (nSPS) is 12.4. The molecule has 1 atom stereocenters. The highest BCUT2D eigenvalue weighted by Gasteiger charge is 2.06. The predicted molar refractivity (Wildman–Crippen MR) is 57.0 cm³/mol. The van der Waals surface area contributed by atoms with Crippen LogP contribution in [-0.4, -0.2) is 9.97 Å². The first-order chi connectivity index (χ1) is 7.25. The Hall–Kier alpha value is -1.84. The molecule has 0 radical (unpaired) electrons. The summed E-state index contributed by atoms with van der Waals surface area (Å²) in [6.45, 7) is 1.96. The molecular weight excluding hydrogens is 193 g/mol. The number of halogens is 1. The van der Waals surface area contributed by atoms with E-state index >= 15 is 0 Å². The summed E-state index contributed by atoms with van der Waals surface area (Å²) in [7, 11) is 0. The van der Waals surface area contributed by atoms with Gasteiger partial charge in [-0.1, -0.05) is 12.1 Å². The minimum absolute atomic E-state index is 0.0202. The van der Waals surface area contributed by atoms with Crippen molar-refractivity contribution in [3.8, 4) is 0 Å². The lowest BCUT2D eigenvalue weighted by atomic mass is 10.1. The lowest BCUT2D eigenvalue weighted by Gasteiger charge is -2.13. The fourth-order valence-electron chi connectivity index (χ4n) is 1.41. The highest BCUT2D eigenvalue weighted by molar-refractivity contribution is 5.31. The van der Waals surface area contributed by atoms with Gasteiger partial charge in [-0.2, -0.15) is 0 Å². The smallest absolute Gasteiger partial charge is 0.200 e. The van der Waals surface area contributed by atoms with Gasteiger partial charge in [0, 0.05) is 12.4 Å². The molecule has 4 heteroatoms. The number of imidazole rings is 1. The zero-order chi connectivity index (χ0) is 10.7. The van der Waals surface area contributed by atoms with E-state index in [1.54, 1.807) is 18.5 Å². The third kappa shape index (κ3) is 2.34. The Morgan fingerprint density at radius 3 is 3.00 bits per heavy atom. The lowest BCUT2D eigenvalue weighted by Crippen LogP contribution is -2.07. The van der Waals surface area contributed by atoms with Crippen LogP contribution in [0.25, 0.3) is 0 Å². The summed E-state index contributed by atoms with van der Waals surface area (Å²) in [6.07, 6.45) is 3.40. The van der Waals surface area contributed by atoms with Crippen molar-refractivity contribution < 1.29 is 4.39 Å². The van der Waals surface area contributed by atoms with E-state index in [0.717, 1.165) is 5.56 Å². The van der Waals surface area contributed by atoms with Crippen LogP contribution in [0.4, 0.5) is 10.3 Å². The summed E-state index contributed by atoms with van der Waals surface area (Å²) in [5, 5.41) is 3.13. The van der Waals surface area contributed by atoms with E-state index in [4.69, 9.17) is 0 Å². The third-order valence-electron chi connectivity index (χ3n) is 2.20. The quantitative estimate of drug-likeness (QED) is 0.808. The standard InChI is InChI=1S/C11H12FN3/c1-8(15-11-13-5-6-14-11)9-3-2-4-10(12)7-9/h2-8H,1H3,(H2,13,14,15). The van der Waals surface area contributed by atoms with Crippen LogP contribution in [0.1, 0.15) is 18.5 Å². The predicted octanol–water partition coefficient (Wildman–Crippen LogP) is 2.72. The van der Waals surface area contributed by atoms with Crippen molar-refractivity contribution in [1.82, 2.24) is 9.97 Å². The Morgan fingerprint density at radius 1 is 1.47 bits per heavy atom. The van der Waals surface area contributed by atoms with Crippen LogP contribution < -0.4 is 5.32 Å². The maximum Gasteiger partial charge on any atom is 0.200 e. The van der Waals surface area contributed by atoms with Crippen LogP contribution in [0.5, 0.6) is 0 Å². The van der Waals surface area contributed by atoms with E-state index in [1.165, 1.54) is 12.1 Å². The van der Waals surface area contributed by atoms with Gasteiger partial charge < -0.3 is 10.3 Å². The summed E-state index contributed by atoms with van der Waals surface area (Å²) in [6, 6.07) is 6.55. The molecular formula is C11H12FN3. The summed E-state index contributed by atoms with van der Waals surface area (Å²) in [5.41, 5.74) is 0.895. The van der Waals surface area contributed by atoms with Crippen LogP contribution >= 0.6 is 0 Å². The molecule has 0 aliphatic rings. The molecule has 2 N–H and O–H groups in total. The SMILES string of the molecule is CC(Nc1ncc[nH]1)c1cccc(F)c1. The number of benzene rings is 1. The molecule has 78 valence electrons. The minimum Gasteiger partial charge on any atom is -0.349 e. The van der Waals surface area contributed by atoms with Crippen molar-refractivity contribution in [2.75, 3.05) is 5.32 Å². The van der Waals surface area contributed by atoms with Gasteiger partial charge >= 0.3 is 0 Å². The number of rotatable bonds is 3. The van der Waals surface area contributed by atoms with Crippen molar-refractivity contribution in [3.63, 3.8) is 0 Å². The highest BCUT2D eigenvalue weighted by Crippen LogP contribution is 2.17. The lowest BCUT2D eigenvalue weighted by molar-refractivity contribution is 0.623. The van der Waals surface area contributed by atoms with Crippen LogP contribution in [0.3, 0.4) is 0 Å². The summed E-state index contributed by atoms with van der Waals surface area (Å²) >= 11 is 0. The molecule has 0 amide bonds. The van der Waals surface area contributed by atoms with E-state index in [9.17, 15) is 4.39 Å². The van der Waals surface area contributed by atoms with Gasteiger partial charge in [-0.3, -0.25) is 0 Å². The first kappa shape index (κ1) is 9.71. The van der Waals surface area contributed by atoms with E-state index in [1.807, 2.05) is 13.0 Å². The first-order valence-corrected chi connectivity index (χ1v) is 4.77. The molecule has 0 fully saturated rings. The number of aromatic amines is 1. The van der Waals surface area contributed by atoms with Gasteiger partial charge in [0.2, 0.25) is 5.95 Å². The summed E-state index contributed by atoms with van der Waals surface area (Å²) < 4.78 is 13.0. The maximum absolute atomic E-state index is 13.0. The molecule has 1 aromatic carbocycles. The van der Waals surface area contributed by atoms with Crippen LogP contribution in [0.15, 0.2) is 36.7 Å². The molecule has 0 saturated carbocycles. The molecule has 0 spiro atoms. The molecule has 2 aromatic rings. The van der Waals surface area contributed by atoms with E-state index in [-0.39, 0.29) is 11.9 Å². The molecule has 2 rings (SSSR count). The highest BCUT2D eigenvalue weighted by atomic mass is 19.1. The fraction of sp³-hybridized carbons (Fsp3) is 0.182. The summed E-state index contributed by atoms with van der Waals surface area (Å²) in [5.74, 6) is 0.465. The molecule has 1 unspecified atom stereocenters. The van der Waals surface area contributed by atoms with Gasteiger partial charge in [0.1, 0.15) is 5.82 Å². The third-order valence-corrected chi connectivity index (χ3v) is 2.20. The number of nitrogens with one attached hydrogen (secondary N) is 2. The average molecular weight is 205 g/mol. The number of nitrogens with zero attached hydrogens (tertiary/aromatic N) is 1. The van der Waals surface area contributed by atoms with E-state index in [0.29, 0.717) is 5.95 Å².